The largest absolute Gasteiger partial charge is 0.361 e. The molecule has 6 nitrogen and oxygen atoms in total. The highest BCUT2D eigenvalue weighted by Crippen LogP contribution is 2.27. The van der Waals surface area contributed by atoms with E-state index in [1.807, 2.05) is 68.4 Å². The molecule has 0 saturated carbocycles. The number of benzene rings is 2. The molecule has 0 saturated heterocycles. The van der Waals surface area contributed by atoms with E-state index in [1.54, 1.807) is 17.8 Å². The number of hydrogen-bond donors (Lipinski definition) is 2. The molecule has 2 N–H and O–H groups in total. The smallest absolute Gasteiger partial charge is 0.263 e. The first kappa shape index (κ1) is 19.9. The fourth-order valence-corrected chi connectivity index (χ4v) is 3.73. The molecule has 0 fully saturated rings. The second-order valence-corrected chi connectivity index (χ2v) is 7.50. The van der Waals surface area contributed by atoms with Crippen molar-refractivity contribution in [2.45, 2.75) is 19.9 Å². The maximum absolute atomic E-state index is 13.6. The molecule has 1 atom stereocenters. The van der Waals surface area contributed by atoms with E-state index in [2.05, 4.69) is 20.6 Å². The number of anilines is 2. The molecule has 0 spiro atoms. The van der Waals surface area contributed by atoms with Crippen LogP contribution in [0.3, 0.4) is 0 Å². The van der Waals surface area contributed by atoms with Crippen LogP contribution in [0.4, 0.5) is 11.8 Å². The standard InChI is InChI=1S/C23H22ClN5O/c1-14-8-7-9-16-12-19(15(2)27-21-18(24)13-26-23(25-3)28-21)29(22(30)20(14)16)17-10-5-4-6-11-17/h4-13,15H,1-3H3,(H2,25,26,27,28). The van der Waals surface area contributed by atoms with Crippen LogP contribution < -0.4 is 16.2 Å². The zero-order valence-electron chi connectivity index (χ0n) is 17.0. The average Bonchev–Trinajstić information content (AvgIpc) is 2.75. The second-order valence-electron chi connectivity index (χ2n) is 7.09. The summed E-state index contributed by atoms with van der Waals surface area (Å²) in [6, 6.07) is 17.3. The van der Waals surface area contributed by atoms with E-state index in [0.717, 1.165) is 27.7 Å². The molecule has 4 aromatic rings. The minimum Gasteiger partial charge on any atom is -0.361 e. The Bertz CT molecular complexity index is 1270. The number of pyridine rings is 1. The Morgan fingerprint density at radius 3 is 2.60 bits per heavy atom. The summed E-state index contributed by atoms with van der Waals surface area (Å²) in [4.78, 5) is 22.1. The lowest BCUT2D eigenvalue weighted by molar-refractivity contribution is 0.773. The van der Waals surface area contributed by atoms with Crippen molar-refractivity contribution < 1.29 is 0 Å². The summed E-state index contributed by atoms with van der Waals surface area (Å²) in [5.74, 6) is 0.962. The van der Waals surface area contributed by atoms with Crippen molar-refractivity contribution in [2.75, 3.05) is 17.7 Å². The molecule has 0 aliphatic rings. The third-order valence-electron chi connectivity index (χ3n) is 5.06. The van der Waals surface area contributed by atoms with Crippen molar-refractivity contribution in [3.8, 4) is 5.69 Å². The molecule has 152 valence electrons. The van der Waals surface area contributed by atoms with E-state index in [4.69, 9.17) is 11.6 Å². The maximum Gasteiger partial charge on any atom is 0.263 e. The van der Waals surface area contributed by atoms with Gasteiger partial charge in [-0.1, -0.05) is 48.0 Å². The molecule has 30 heavy (non-hydrogen) atoms. The molecule has 0 amide bonds. The van der Waals surface area contributed by atoms with E-state index in [-0.39, 0.29) is 11.6 Å². The lowest BCUT2D eigenvalue weighted by Gasteiger charge is -2.22. The van der Waals surface area contributed by atoms with Crippen LogP contribution in [0.25, 0.3) is 16.5 Å². The van der Waals surface area contributed by atoms with Crippen LogP contribution in [-0.4, -0.2) is 21.6 Å². The van der Waals surface area contributed by atoms with Gasteiger partial charge >= 0.3 is 0 Å². The Kier molecular flexibility index (Phi) is 5.42. The quantitative estimate of drug-likeness (QED) is 0.478. The number of fused-ring (bicyclic) bond motifs is 1. The van der Waals surface area contributed by atoms with Gasteiger partial charge in [-0.15, -0.1) is 0 Å². The monoisotopic (exact) mass is 419 g/mol. The number of aryl methyl sites for hydroxylation is 1. The minimum atomic E-state index is -0.250. The van der Waals surface area contributed by atoms with Gasteiger partial charge in [0.1, 0.15) is 5.02 Å². The Hall–Kier alpha value is -3.38. The van der Waals surface area contributed by atoms with Gasteiger partial charge in [-0.2, -0.15) is 4.98 Å². The normalized spacial score (nSPS) is 12.0. The highest BCUT2D eigenvalue weighted by molar-refractivity contribution is 6.32. The number of halogens is 1. The summed E-state index contributed by atoms with van der Waals surface area (Å²) in [6.45, 7) is 3.94. The van der Waals surface area contributed by atoms with Crippen molar-refractivity contribution in [3.63, 3.8) is 0 Å². The van der Waals surface area contributed by atoms with E-state index < -0.39 is 0 Å². The maximum atomic E-state index is 13.6. The fraction of sp³-hybridized carbons (Fsp3) is 0.174. The highest BCUT2D eigenvalue weighted by atomic mass is 35.5. The second kappa shape index (κ2) is 8.16. The zero-order valence-corrected chi connectivity index (χ0v) is 17.7. The van der Waals surface area contributed by atoms with Gasteiger partial charge in [0.25, 0.3) is 5.56 Å². The molecule has 1 unspecified atom stereocenters. The predicted molar refractivity (Wildman–Crippen MR) is 123 cm³/mol. The van der Waals surface area contributed by atoms with Crippen LogP contribution in [0.2, 0.25) is 5.02 Å². The van der Waals surface area contributed by atoms with Crippen LogP contribution in [0.15, 0.2) is 65.6 Å². The molecule has 0 bridgehead atoms. The van der Waals surface area contributed by atoms with Crippen molar-refractivity contribution in [3.05, 3.63) is 87.4 Å². The van der Waals surface area contributed by atoms with E-state index in [9.17, 15) is 4.79 Å². The molecule has 2 aromatic heterocycles. The van der Waals surface area contributed by atoms with Crippen molar-refractivity contribution in [1.29, 1.82) is 0 Å². The lowest BCUT2D eigenvalue weighted by atomic mass is 10.0. The topological polar surface area (TPSA) is 71.8 Å². The highest BCUT2D eigenvalue weighted by Gasteiger charge is 2.18. The number of rotatable bonds is 5. The van der Waals surface area contributed by atoms with Gasteiger partial charge in [0.15, 0.2) is 5.82 Å². The summed E-state index contributed by atoms with van der Waals surface area (Å²) in [6.07, 6.45) is 1.55. The number of nitrogens with zero attached hydrogens (tertiary/aromatic N) is 3. The third-order valence-corrected chi connectivity index (χ3v) is 5.34. The first-order valence-electron chi connectivity index (χ1n) is 9.67. The lowest BCUT2D eigenvalue weighted by Crippen LogP contribution is -2.26. The molecule has 0 radical (unpaired) electrons. The van der Waals surface area contributed by atoms with Gasteiger partial charge in [-0.05, 0) is 43.0 Å². The van der Waals surface area contributed by atoms with Gasteiger partial charge in [0.05, 0.1) is 17.6 Å². The summed E-state index contributed by atoms with van der Waals surface area (Å²) >= 11 is 6.30. The number of nitrogens with one attached hydrogen (secondary N) is 2. The van der Waals surface area contributed by atoms with E-state index in [1.165, 1.54) is 0 Å². The Balaban J connectivity index is 1.90. The van der Waals surface area contributed by atoms with E-state index in [0.29, 0.717) is 16.8 Å². The summed E-state index contributed by atoms with van der Waals surface area (Å²) in [5, 5.41) is 8.27. The molecular weight excluding hydrogens is 398 g/mol. The van der Waals surface area contributed by atoms with Gasteiger partial charge in [0, 0.05) is 18.4 Å². The Morgan fingerprint density at radius 2 is 1.87 bits per heavy atom. The Morgan fingerprint density at radius 1 is 1.10 bits per heavy atom. The molecule has 4 rings (SSSR count). The molecule has 7 heteroatoms. The van der Waals surface area contributed by atoms with Gasteiger partial charge in [0.2, 0.25) is 5.95 Å². The summed E-state index contributed by atoms with van der Waals surface area (Å²) in [7, 11) is 1.75. The first-order chi connectivity index (χ1) is 14.5. The third kappa shape index (κ3) is 3.62. The predicted octanol–water partition coefficient (Wildman–Crippen LogP) is 4.96. The van der Waals surface area contributed by atoms with Crippen LogP contribution in [0.1, 0.15) is 24.2 Å². The molecule has 2 heterocycles. The fourth-order valence-electron chi connectivity index (χ4n) is 3.59. The minimum absolute atomic E-state index is 0.0508. The van der Waals surface area contributed by atoms with Crippen molar-refractivity contribution in [2.24, 2.45) is 0 Å². The number of aromatic nitrogens is 3. The SMILES string of the molecule is CNc1ncc(Cl)c(NC(C)c2cc3cccc(C)c3c(=O)n2-c2ccccc2)n1. The van der Waals surface area contributed by atoms with Gasteiger partial charge < -0.3 is 10.6 Å². The zero-order chi connectivity index (χ0) is 21.3. The molecular formula is C23H22ClN5O. The van der Waals surface area contributed by atoms with E-state index >= 15 is 0 Å². The number of hydrogen-bond acceptors (Lipinski definition) is 5. The molecule has 0 aliphatic heterocycles. The molecule has 2 aromatic carbocycles. The van der Waals surface area contributed by atoms with Gasteiger partial charge in [-0.3, -0.25) is 9.36 Å². The number of para-hydroxylation sites is 1. The van der Waals surface area contributed by atoms with Crippen molar-refractivity contribution >= 4 is 34.1 Å². The molecule has 0 aliphatic carbocycles. The van der Waals surface area contributed by atoms with Gasteiger partial charge in [-0.25, -0.2) is 4.98 Å². The van der Waals surface area contributed by atoms with Crippen molar-refractivity contribution in [1.82, 2.24) is 14.5 Å². The van der Waals surface area contributed by atoms with Crippen LogP contribution in [0.5, 0.6) is 0 Å². The van der Waals surface area contributed by atoms with Crippen LogP contribution in [0, 0.1) is 6.92 Å². The average molecular weight is 420 g/mol. The van der Waals surface area contributed by atoms with Crippen LogP contribution >= 0.6 is 11.6 Å². The first-order valence-corrected chi connectivity index (χ1v) is 10.0. The summed E-state index contributed by atoms with van der Waals surface area (Å²) in [5.41, 5.74) is 2.52. The van der Waals surface area contributed by atoms with Crippen LogP contribution in [-0.2, 0) is 0 Å². The summed E-state index contributed by atoms with van der Waals surface area (Å²) < 4.78 is 1.75. The Labute approximate surface area is 179 Å².